The van der Waals surface area contributed by atoms with Crippen molar-refractivity contribution in [3.8, 4) is 16.9 Å². The molecule has 39 heavy (non-hydrogen) atoms. The normalized spacial score (nSPS) is 15.2. The average Bonchev–Trinajstić information content (AvgIpc) is 3.73. The molecule has 0 spiro atoms. The zero-order valence-electron chi connectivity index (χ0n) is 21.2. The van der Waals surface area contributed by atoms with E-state index in [1.165, 1.54) is 0 Å². The van der Waals surface area contributed by atoms with Crippen LogP contribution in [-0.2, 0) is 16.1 Å². The molecule has 1 aliphatic rings. The van der Waals surface area contributed by atoms with Gasteiger partial charge in [0, 0.05) is 16.0 Å². The van der Waals surface area contributed by atoms with Crippen molar-refractivity contribution < 1.29 is 14.0 Å². The van der Waals surface area contributed by atoms with Gasteiger partial charge < -0.3 is 9.73 Å². The van der Waals surface area contributed by atoms with Crippen molar-refractivity contribution in [2.24, 2.45) is 0 Å². The van der Waals surface area contributed by atoms with Gasteiger partial charge in [0.05, 0.1) is 35.2 Å². The highest BCUT2D eigenvalue weighted by molar-refractivity contribution is 8.00. The molecule has 9 heteroatoms. The monoisotopic (exact) mass is 554 g/mol. The SMILES string of the molecule is Cc1ccccc1-n1nc(-c2ccccc2)c2c1N(CC(=O)NCc1ccco1)C(=O)CS[C@H]2c1cccs1. The lowest BCUT2D eigenvalue weighted by atomic mass is 10.0. The third-order valence-electron chi connectivity index (χ3n) is 6.62. The number of nitrogens with zero attached hydrogens (tertiary/aromatic N) is 3. The molecule has 2 aromatic carbocycles. The molecule has 0 bridgehead atoms. The number of furan rings is 1. The summed E-state index contributed by atoms with van der Waals surface area (Å²) in [5.74, 6) is 1.11. The third kappa shape index (κ3) is 5.03. The van der Waals surface area contributed by atoms with Crippen LogP contribution in [0.25, 0.3) is 16.9 Å². The highest BCUT2D eigenvalue weighted by Crippen LogP contribution is 2.49. The van der Waals surface area contributed by atoms with Crippen LogP contribution in [0.5, 0.6) is 0 Å². The number of rotatable bonds is 7. The number of fused-ring (bicyclic) bond motifs is 1. The first-order valence-electron chi connectivity index (χ1n) is 12.6. The Morgan fingerprint density at radius 2 is 1.87 bits per heavy atom. The van der Waals surface area contributed by atoms with Crippen molar-refractivity contribution >= 4 is 40.7 Å². The first kappa shape index (κ1) is 25.2. The van der Waals surface area contributed by atoms with Gasteiger partial charge in [0.15, 0.2) is 0 Å². The van der Waals surface area contributed by atoms with E-state index in [9.17, 15) is 9.59 Å². The highest BCUT2D eigenvalue weighted by Gasteiger charge is 2.38. The minimum Gasteiger partial charge on any atom is -0.467 e. The summed E-state index contributed by atoms with van der Waals surface area (Å²) >= 11 is 3.24. The van der Waals surface area contributed by atoms with Crippen LogP contribution in [-0.4, -0.2) is 33.9 Å². The molecule has 1 N–H and O–H groups in total. The summed E-state index contributed by atoms with van der Waals surface area (Å²) in [5.41, 5.74) is 4.57. The molecule has 6 rings (SSSR count). The summed E-state index contributed by atoms with van der Waals surface area (Å²) in [7, 11) is 0. The molecule has 2 amide bonds. The average molecular weight is 555 g/mol. The van der Waals surface area contributed by atoms with Gasteiger partial charge in [-0.2, -0.15) is 5.10 Å². The Labute approximate surface area is 234 Å². The largest absolute Gasteiger partial charge is 0.467 e. The Hall–Kier alpha value is -4.08. The molecule has 0 unspecified atom stereocenters. The molecule has 1 aliphatic heterocycles. The van der Waals surface area contributed by atoms with Crippen molar-refractivity contribution in [1.29, 1.82) is 0 Å². The van der Waals surface area contributed by atoms with Crippen molar-refractivity contribution in [3.05, 3.63) is 112 Å². The van der Waals surface area contributed by atoms with E-state index in [-0.39, 0.29) is 35.9 Å². The molecule has 7 nitrogen and oxygen atoms in total. The van der Waals surface area contributed by atoms with Crippen LogP contribution in [0.4, 0.5) is 5.82 Å². The van der Waals surface area contributed by atoms with E-state index in [0.717, 1.165) is 32.9 Å². The lowest BCUT2D eigenvalue weighted by molar-refractivity contribution is -0.123. The van der Waals surface area contributed by atoms with Gasteiger partial charge in [-0.05, 0) is 42.1 Å². The van der Waals surface area contributed by atoms with E-state index in [2.05, 4.69) is 16.8 Å². The number of nitrogens with one attached hydrogen (secondary N) is 1. The van der Waals surface area contributed by atoms with Crippen LogP contribution >= 0.6 is 23.1 Å². The smallest absolute Gasteiger partial charge is 0.240 e. The second-order valence-corrected chi connectivity index (χ2v) is 11.3. The number of aryl methyl sites for hydroxylation is 1. The summed E-state index contributed by atoms with van der Waals surface area (Å²) in [4.78, 5) is 29.7. The molecular formula is C30H26N4O3S2. The lowest BCUT2D eigenvalue weighted by Crippen LogP contribution is -2.42. The summed E-state index contributed by atoms with van der Waals surface area (Å²) in [6, 6.07) is 25.7. The van der Waals surface area contributed by atoms with Gasteiger partial charge in [0.1, 0.15) is 18.1 Å². The van der Waals surface area contributed by atoms with Crippen LogP contribution in [0.3, 0.4) is 0 Å². The maximum absolute atomic E-state index is 13.7. The zero-order chi connectivity index (χ0) is 26.8. The molecule has 196 valence electrons. The number of anilines is 1. The molecule has 5 aromatic rings. The topological polar surface area (TPSA) is 80.4 Å². The van der Waals surface area contributed by atoms with Crippen molar-refractivity contribution in [3.63, 3.8) is 0 Å². The lowest BCUT2D eigenvalue weighted by Gasteiger charge is -2.23. The summed E-state index contributed by atoms with van der Waals surface area (Å²) in [5, 5.41) is 9.97. The third-order valence-corrected chi connectivity index (χ3v) is 8.95. The maximum atomic E-state index is 13.7. The number of thioether (sulfide) groups is 1. The second-order valence-electron chi connectivity index (χ2n) is 9.19. The van der Waals surface area contributed by atoms with E-state index < -0.39 is 0 Å². The minimum atomic E-state index is -0.274. The number of carbonyl (C=O) groups is 2. The Morgan fingerprint density at radius 3 is 2.62 bits per heavy atom. The molecule has 0 saturated carbocycles. The summed E-state index contributed by atoms with van der Waals surface area (Å²) in [6.07, 6.45) is 1.57. The Bertz CT molecular complexity index is 1590. The predicted octanol–water partition coefficient (Wildman–Crippen LogP) is 5.99. The first-order chi connectivity index (χ1) is 19.1. The van der Waals surface area contributed by atoms with Gasteiger partial charge in [-0.15, -0.1) is 23.1 Å². The minimum absolute atomic E-state index is 0.117. The van der Waals surface area contributed by atoms with E-state index >= 15 is 0 Å². The van der Waals surface area contributed by atoms with Gasteiger partial charge in [-0.3, -0.25) is 14.5 Å². The second kappa shape index (κ2) is 11.0. The molecule has 0 radical (unpaired) electrons. The first-order valence-corrected chi connectivity index (χ1v) is 14.5. The number of benzene rings is 2. The summed E-state index contributed by atoms with van der Waals surface area (Å²) in [6.45, 7) is 2.14. The quantitative estimate of drug-likeness (QED) is 0.267. The highest BCUT2D eigenvalue weighted by atomic mass is 32.2. The van der Waals surface area contributed by atoms with Gasteiger partial charge in [0.25, 0.3) is 0 Å². The molecule has 0 saturated heterocycles. The number of carbonyl (C=O) groups excluding carboxylic acids is 2. The van der Waals surface area contributed by atoms with E-state index in [1.807, 2.05) is 72.3 Å². The van der Waals surface area contributed by atoms with Crippen molar-refractivity contribution in [2.75, 3.05) is 17.2 Å². The van der Waals surface area contributed by atoms with Crippen LogP contribution in [0.1, 0.15) is 27.0 Å². The summed E-state index contributed by atoms with van der Waals surface area (Å²) < 4.78 is 7.20. The Morgan fingerprint density at radius 1 is 1.05 bits per heavy atom. The molecule has 0 fully saturated rings. The van der Waals surface area contributed by atoms with E-state index in [0.29, 0.717) is 11.6 Å². The van der Waals surface area contributed by atoms with Gasteiger partial charge in [-0.1, -0.05) is 54.6 Å². The molecule has 1 atom stereocenters. The van der Waals surface area contributed by atoms with Crippen molar-refractivity contribution in [2.45, 2.75) is 18.7 Å². The van der Waals surface area contributed by atoms with Crippen molar-refractivity contribution in [1.82, 2.24) is 15.1 Å². The zero-order valence-corrected chi connectivity index (χ0v) is 22.9. The van der Waals surface area contributed by atoms with Gasteiger partial charge >= 0.3 is 0 Å². The molecule has 3 aromatic heterocycles. The fourth-order valence-corrected chi connectivity index (χ4v) is 6.94. The molecular weight excluding hydrogens is 528 g/mol. The Kier molecular flexibility index (Phi) is 7.08. The number of amides is 2. The fourth-order valence-electron chi connectivity index (χ4n) is 4.76. The fraction of sp³-hybridized carbons (Fsp3) is 0.167. The van der Waals surface area contributed by atoms with Crippen LogP contribution in [0, 0.1) is 6.92 Å². The predicted molar refractivity (Wildman–Crippen MR) is 155 cm³/mol. The molecule has 0 aliphatic carbocycles. The van der Waals surface area contributed by atoms with E-state index in [4.69, 9.17) is 9.52 Å². The number of hydrogen-bond acceptors (Lipinski definition) is 6. The number of aromatic nitrogens is 2. The number of thiophene rings is 1. The maximum Gasteiger partial charge on any atom is 0.240 e. The number of hydrogen-bond donors (Lipinski definition) is 1. The Balaban J connectivity index is 1.53. The molecule has 4 heterocycles. The van der Waals surface area contributed by atoms with Gasteiger partial charge in [0.2, 0.25) is 11.8 Å². The van der Waals surface area contributed by atoms with Crippen LogP contribution < -0.4 is 10.2 Å². The van der Waals surface area contributed by atoms with E-state index in [1.54, 1.807) is 46.4 Å². The van der Waals surface area contributed by atoms with Gasteiger partial charge in [-0.25, -0.2) is 4.68 Å². The standard InChI is InChI=1S/C30H26N4O3S2/c1-20-9-5-6-13-23(20)34-30-27(28(32-34)21-10-3-2-4-11-21)29(24-14-8-16-38-24)39-19-26(36)33(30)18-25(35)31-17-22-12-7-15-37-22/h2-16,29H,17-19H2,1H3,(H,31,35)/t29-/m0/s1. The van der Waals surface area contributed by atoms with Crippen LogP contribution in [0.15, 0.2) is 94.9 Å². The van der Waals surface area contributed by atoms with Crippen LogP contribution in [0.2, 0.25) is 0 Å². The number of para-hydroxylation sites is 1.